The first-order chi connectivity index (χ1) is 12.6. The normalized spacial score (nSPS) is 11.8. The van der Waals surface area contributed by atoms with Gasteiger partial charge >= 0.3 is 0 Å². The highest BCUT2D eigenvalue weighted by atomic mass is 32.1. The van der Waals surface area contributed by atoms with Crippen molar-refractivity contribution >= 4 is 17.2 Å². The molecule has 0 fully saturated rings. The van der Waals surface area contributed by atoms with Crippen LogP contribution in [0.2, 0.25) is 0 Å². The van der Waals surface area contributed by atoms with Crippen LogP contribution in [0.4, 0.5) is 0 Å². The number of nitrogens with zero attached hydrogens (tertiary/aromatic N) is 2. The number of rotatable bonds is 6. The average Bonchev–Trinajstić information content (AvgIpc) is 3.21. The molecule has 3 rings (SSSR count). The van der Waals surface area contributed by atoms with Crippen LogP contribution in [0.15, 0.2) is 58.7 Å². The van der Waals surface area contributed by atoms with E-state index in [0.717, 1.165) is 16.2 Å². The predicted molar refractivity (Wildman–Crippen MR) is 101 cm³/mol. The van der Waals surface area contributed by atoms with E-state index in [1.165, 1.54) is 22.1 Å². The molecule has 134 valence electrons. The van der Waals surface area contributed by atoms with Crippen LogP contribution in [0.3, 0.4) is 0 Å². The third-order valence-electron chi connectivity index (χ3n) is 3.95. The Kier molecular flexibility index (Phi) is 5.48. The Labute approximate surface area is 155 Å². The highest BCUT2D eigenvalue weighted by molar-refractivity contribution is 7.13. The molecule has 2 heterocycles. The summed E-state index contributed by atoms with van der Waals surface area (Å²) in [6.07, 6.45) is 0. The number of benzene rings is 1. The van der Waals surface area contributed by atoms with Gasteiger partial charge in [-0.2, -0.15) is 5.10 Å². The van der Waals surface area contributed by atoms with Crippen LogP contribution in [0.5, 0.6) is 5.75 Å². The van der Waals surface area contributed by atoms with Crippen molar-refractivity contribution in [2.75, 3.05) is 7.11 Å². The molecule has 0 aliphatic rings. The van der Waals surface area contributed by atoms with Crippen LogP contribution in [-0.2, 0) is 11.3 Å². The molecule has 0 radical (unpaired) electrons. The lowest BCUT2D eigenvalue weighted by Crippen LogP contribution is -2.36. The SMILES string of the molecule is COc1cccc(CNC(=O)C(C)n2nc(-c3cccs3)ccc2=O)c1. The lowest BCUT2D eigenvalue weighted by molar-refractivity contribution is -0.124. The van der Waals surface area contributed by atoms with Gasteiger partial charge in [-0.05, 0) is 42.1 Å². The summed E-state index contributed by atoms with van der Waals surface area (Å²) in [6, 6.07) is 13.7. The second-order valence-electron chi connectivity index (χ2n) is 5.72. The zero-order valence-corrected chi connectivity index (χ0v) is 15.3. The molecule has 7 heteroatoms. The first kappa shape index (κ1) is 17.9. The molecule has 1 aromatic carbocycles. The van der Waals surface area contributed by atoms with E-state index < -0.39 is 6.04 Å². The predicted octanol–water partition coefficient (Wildman–Crippen LogP) is 2.86. The van der Waals surface area contributed by atoms with Gasteiger partial charge in [-0.25, -0.2) is 4.68 Å². The number of aromatic nitrogens is 2. The summed E-state index contributed by atoms with van der Waals surface area (Å²) in [6.45, 7) is 2.01. The summed E-state index contributed by atoms with van der Waals surface area (Å²) in [4.78, 5) is 25.6. The molecule has 2 aromatic heterocycles. The number of hydrogen-bond acceptors (Lipinski definition) is 5. The molecule has 3 aromatic rings. The van der Waals surface area contributed by atoms with E-state index in [2.05, 4.69) is 10.4 Å². The summed E-state index contributed by atoms with van der Waals surface area (Å²) < 4.78 is 6.39. The summed E-state index contributed by atoms with van der Waals surface area (Å²) in [5, 5.41) is 9.13. The number of nitrogens with one attached hydrogen (secondary N) is 1. The molecule has 1 atom stereocenters. The summed E-state index contributed by atoms with van der Waals surface area (Å²) >= 11 is 1.53. The lowest BCUT2D eigenvalue weighted by atomic mass is 10.2. The standard InChI is InChI=1S/C19H19N3O3S/c1-13(19(24)20-12-14-5-3-6-15(11-14)25-2)22-18(23)9-8-16(21-22)17-7-4-10-26-17/h3-11,13H,12H2,1-2H3,(H,20,24). The van der Waals surface area contributed by atoms with E-state index in [-0.39, 0.29) is 11.5 Å². The maximum absolute atomic E-state index is 12.5. The van der Waals surface area contributed by atoms with E-state index >= 15 is 0 Å². The van der Waals surface area contributed by atoms with E-state index in [1.807, 2.05) is 41.8 Å². The van der Waals surface area contributed by atoms with E-state index in [4.69, 9.17) is 4.74 Å². The number of ether oxygens (including phenoxy) is 1. The zero-order chi connectivity index (χ0) is 18.5. The molecule has 0 aliphatic carbocycles. The second kappa shape index (κ2) is 7.97. The number of hydrogen-bond donors (Lipinski definition) is 1. The molecule has 0 spiro atoms. The monoisotopic (exact) mass is 369 g/mol. The fourth-order valence-electron chi connectivity index (χ4n) is 2.49. The van der Waals surface area contributed by atoms with Gasteiger partial charge in [0.1, 0.15) is 17.5 Å². The second-order valence-corrected chi connectivity index (χ2v) is 6.67. The molecule has 0 saturated heterocycles. The molecule has 26 heavy (non-hydrogen) atoms. The minimum atomic E-state index is -0.715. The Morgan fingerprint density at radius 1 is 1.27 bits per heavy atom. The van der Waals surface area contributed by atoms with Gasteiger partial charge in [0, 0.05) is 12.6 Å². The van der Waals surface area contributed by atoms with Gasteiger partial charge in [0.2, 0.25) is 5.91 Å². The fourth-order valence-corrected chi connectivity index (χ4v) is 3.18. The van der Waals surface area contributed by atoms with Crippen LogP contribution in [0.1, 0.15) is 18.5 Å². The molecule has 0 aliphatic heterocycles. The first-order valence-corrected chi connectivity index (χ1v) is 9.01. The molecular formula is C19H19N3O3S. The largest absolute Gasteiger partial charge is 0.497 e. The maximum atomic E-state index is 12.5. The van der Waals surface area contributed by atoms with Crippen molar-refractivity contribution in [2.24, 2.45) is 0 Å². The lowest BCUT2D eigenvalue weighted by Gasteiger charge is -2.15. The Morgan fingerprint density at radius 3 is 2.85 bits per heavy atom. The maximum Gasteiger partial charge on any atom is 0.267 e. The van der Waals surface area contributed by atoms with Gasteiger partial charge in [-0.3, -0.25) is 9.59 Å². The minimum Gasteiger partial charge on any atom is -0.497 e. The van der Waals surface area contributed by atoms with Gasteiger partial charge in [0.15, 0.2) is 0 Å². The minimum absolute atomic E-state index is 0.272. The van der Waals surface area contributed by atoms with Crippen molar-refractivity contribution < 1.29 is 9.53 Å². The van der Waals surface area contributed by atoms with Gasteiger partial charge in [-0.15, -0.1) is 11.3 Å². The molecular weight excluding hydrogens is 350 g/mol. The number of carbonyl (C=O) groups excluding carboxylic acids is 1. The van der Waals surface area contributed by atoms with Crippen LogP contribution in [-0.4, -0.2) is 22.8 Å². The van der Waals surface area contributed by atoms with Crippen LogP contribution in [0.25, 0.3) is 10.6 Å². The van der Waals surface area contributed by atoms with Crippen molar-refractivity contribution in [3.8, 4) is 16.3 Å². The molecule has 0 saturated carbocycles. The van der Waals surface area contributed by atoms with E-state index in [0.29, 0.717) is 12.2 Å². The highest BCUT2D eigenvalue weighted by Crippen LogP contribution is 2.21. The van der Waals surface area contributed by atoms with Crippen LogP contribution >= 0.6 is 11.3 Å². The van der Waals surface area contributed by atoms with Gasteiger partial charge in [-0.1, -0.05) is 18.2 Å². The molecule has 1 amide bonds. The Morgan fingerprint density at radius 2 is 2.12 bits per heavy atom. The van der Waals surface area contributed by atoms with Crippen molar-refractivity contribution in [2.45, 2.75) is 19.5 Å². The topological polar surface area (TPSA) is 73.2 Å². The average molecular weight is 369 g/mol. The number of amides is 1. The third-order valence-corrected chi connectivity index (χ3v) is 4.84. The highest BCUT2D eigenvalue weighted by Gasteiger charge is 2.18. The molecule has 1 unspecified atom stereocenters. The smallest absolute Gasteiger partial charge is 0.267 e. The Bertz CT molecular complexity index is 951. The quantitative estimate of drug-likeness (QED) is 0.725. The first-order valence-electron chi connectivity index (χ1n) is 8.13. The summed E-state index contributed by atoms with van der Waals surface area (Å²) in [5.41, 5.74) is 1.28. The summed E-state index contributed by atoms with van der Waals surface area (Å²) in [7, 11) is 1.60. The molecule has 0 bridgehead atoms. The van der Waals surface area contributed by atoms with Gasteiger partial charge in [0.25, 0.3) is 5.56 Å². The number of carbonyl (C=O) groups is 1. The van der Waals surface area contributed by atoms with Crippen LogP contribution in [0, 0.1) is 0 Å². The van der Waals surface area contributed by atoms with Crippen molar-refractivity contribution in [3.63, 3.8) is 0 Å². The van der Waals surface area contributed by atoms with Crippen molar-refractivity contribution in [3.05, 3.63) is 69.8 Å². The third kappa shape index (κ3) is 4.00. The molecule has 6 nitrogen and oxygen atoms in total. The Hall–Kier alpha value is -2.93. The fraction of sp³-hybridized carbons (Fsp3) is 0.211. The van der Waals surface area contributed by atoms with Gasteiger partial charge in [0.05, 0.1) is 12.0 Å². The van der Waals surface area contributed by atoms with E-state index in [1.54, 1.807) is 20.1 Å². The number of methoxy groups -OCH3 is 1. The number of thiophene rings is 1. The van der Waals surface area contributed by atoms with E-state index in [9.17, 15) is 9.59 Å². The zero-order valence-electron chi connectivity index (χ0n) is 14.5. The summed E-state index contributed by atoms with van der Waals surface area (Å²) in [5.74, 6) is 0.456. The van der Waals surface area contributed by atoms with Crippen molar-refractivity contribution in [1.29, 1.82) is 0 Å². The van der Waals surface area contributed by atoms with Crippen LogP contribution < -0.4 is 15.6 Å². The van der Waals surface area contributed by atoms with Crippen molar-refractivity contribution in [1.82, 2.24) is 15.1 Å². The molecule has 1 N–H and O–H groups in total. The Balaban J connectivity index is 1.73. The van der Waals surface area contributed by atoms with Gasteiger partial charge < -0.3 is 10.1 Å².